The van der Waals surface area contributed by atoms with Crippen molar-refractivity contribution in [3.05, 3.63) is 67.3 Å². The number of nitrogens with one attached hydrogen (secondary N) is 2. The monoisotopic (exact) mass is 422 g/mol. The zero-order chi connectivity index (χ0) is 17.1. The van der Waals surface area contributed by atoms with Crippen molar-refractivity contribution in [3.8, 4) is 0 Å². The molecule has 2 aromatic carbocycles. The fourth-order valence-electron chi connectivity index (χ4n) is 2.52. The van der Waals surface area contributed by atoms with Gasteiger partial charge in [0, 0.05) is 14.7 Å². The van der Waals surface area contributed by atoms with Crippen LogP contribution in [0.1, 0.15) is 43.0 Å². The summed E-state index contributed by atoms with van der Waals surface area (Å²) in [5.41, 5.74) is 10.1. The van der Waals surface area contributed by atoms with Crippen molar-refractivity contribution < 1.29 is 9.59 Å². The number of halogens is 1. The number of hydrogen-bond acceptors (Lipinski definition) is 2. The molecule has 0 fully saturated rings. The van der Waals surface area contributed by atoms with Crippen LogP contribution >= 0.6 is 22.6 Å². The molecule has 0 saturated heterocycles. The molecule has 0 aliphatic rings. The van der Waals surface area contributed by atoms with E-state index in [9.17, 15) is 9.59 Å². The van der Waals surface area contributed by atoms with Gasteiger partial charge in [-0.3, -0.25) is 20.4 Å². The Labute approximate surface area is 149 Å². The maximum absolute atomic E-state index is 12.3. The third-order valence-electron chi connectivity index (χ3n) is 3.63. The second-order valence-electron chi connectivity index (χ2n) is 5.65. The zero-order valence-corrected chi connectivity index (χ0v) is 15.7. The maximum atomic E-state index is 12.3. The van der Waals surface area contributed by atoms with Crippen LogP contribution in [-0.2, 0) is 0 Å². The molecule has 0 spiro atoms. The highest BCUT2D eigenvalue weighted by atomic mass is 127. The van der Waals surface area contributed by atoms with Crippen molar-refractivity contribution >= 4 is 34.4 Å². The number of carbonyl (C=O) groups excluding carboxylic acids is 2. The van der Waals surface area contributed by atoms with Gasteiger partial charge in [0.2, 0.25) is 0 Å². The van der Waals surface area contributed by atoms with Crippen molar-refractivity contribution in [2.75, 3.05) is 0 Å². The van der Waals surface area contributed by atoms with Crippen molar-refractivity contribution in [2.45, 2.75) is 27.7 Å². The van der Waals surface area contributed by atoms with E-state index in [4.69, 9.17) is 0 Å². The summed E-state index contributed by atoms with van der Waals surface area (Å²) in [6.07, 6.45) is 0. The summed E-state index contributed by atoms with van der Waals surface area (Å²) in [5.74, 6) is -0.645. The molecule has 0 radical (unpaired) electrons. The first-order chi connectivity index (χ1) is 10.8. The number of carbonyl (C=O) groups is 2. The van der Waals surface area contributed by atoms with Crippen molar-refractivity contribution in [3.63, 3.8) is 0 Å². The molecule has 2 amide bonds. The van der Waals surface area contributed by atoms with E-state index in [-0.39, 0.29) is 11.8 Å². The Morgan fingerprint density at radius 1 is 0.826 bits per heavy atom. The largest absolute Gasteiger partial charge is 0.270 e. The molecule has 0 atom stereocenters. The standard InChI is InChI=1S/C18H19IN2O2/c1-10-7-12(3)16(13(4)8-10)18(23)21-20-17(22)14-6-5-11(2)15(19)9-14/h5-9H,1-4H3,(H,20,22)(H,21,23). The van der Waals surface area contributed by atoms with Crippen molar-refractivity contribution in [2.24, 2.45) is 0 Å². The lowest BCUT2D eigenvalue weighted by Gasteiger charge is -2.12. The predicted molar refractivity (Wildman–Crippen MR) is 99.5 cm³/mol. The van der Waals surface area contributed by atoms with Gasteiger partial charge in [0.15, 0.2) is 0 Å². The molecular formula is C18H19IN2O2. The third kappa shape index (κ3) is 4.10. The SMILES string of the molecule is Cc1cc(C)c(C(=O)NNC(=O)c2ccc(C)c(I)c2)c(C)c1. The lowest BCUT2D eigenvalue weighted by molar-refractivity contribution is 0.0846. The first-order valence-corrected chi connectivity index (χ1v) is 8.32. The van der Waals surface area contributed by atoms with E-state index in [1.807, 2.05) is 45.9 Å². The van der Waals surface area contributed by atoms with Gasteiger partial charge in [-0.15, -0.1) is 0 Å². The molecule has 4 nitrogen and oxygen atoms in total. The number of rotatable bonds is 2. The topological polar surface area (TPSA) is 58.2 Å². The van der Waals surface area contributed by atoms with Crippen LogP contribution in [0.15, 0.2) is 30.3 Å². The molecule has 0 aromatic heterocycles. The van der Waals surface area contributed by atoms with Crippen LogP contribution in [0.4, 0.5) is 0 Å². The minimum absolute atomic E-state index is 0.310. The molecule has 2 aromatic rings. The first kappa shape index (κ1) is 17.5. The number of hydrazine groups is 1. The van der Waals surface area contributed by atoms with Gasteiger partial charge < -0.3 is 0 Å². The van der Waals surface area contributed by atoms with Crippen molar-refractivity contribution in [1.82, 2.24) is 10.9 Å². The lowest BCUT2D eigenvalue weighted by atomic mass is 9.99. The average Bonchev–Trinajstić information content (AvgIpc) is 2.46. The highest BCUT2D eigenvalue weighted by molar-refractivity contribution is 14.1. The van der Waals surface area contributed by atoms with Gasteiger partial charge in [0.05, 0.1) is 0 Å². The van der Waals surface area contributed by atoms with E-state index in [1.54, 1.807) is 12.1 Å². The summed E-state index contributed by atoms with van der Waals surface area (Å²) >= 11 is 2.18. The molecule has 120 valence electrons. The maximum Gasteiger partial charge on any atom is 0.270 e. The van der Waals surface area contributed by atoms with Gasteiger partial charge in [-0.25, -0.2) is 0 Å². The van der Waals surface area contributed by atoms with E-state index >= 15 is 0 Å². The molecular weight excluding hydrogens is 403 g/mol. The van der Waals surface area contributed by atoms with E-state index in [2.05, 4.69) is 33.4 Å². The Morgan fingerprint density at radius 3 is 1.96 bits per heavy atom. The molecule has 0 bridgehead atoms. The zero-order valence-electron chi connectivity index (χ0n) is 13.6. The smallest absolute Gasteiger partial charge is 0.267 e. The quantitative estimate of drug-likeness (QED) is 0.574. The number of aryl methyl sites for hydroxylation is 4. The highest BCUT2D eigenvalue weighted by Crippen LogP contribution is 2.16. The van der Waals surface area contributed by atoms with Crippen LogP contribution in [-0.4, -0.2) is 11.8 Å². The first-order valence-electron chi connectivity index (χ1n) is 7.24. The summed E-state index contributed by atoms with van der Waals surface area (Å²) in [4.78, 5) is 24.5. The molecule has 2 rings (SSSR count). The van der Waals surface area contributed by atoms with Crippen LogP contribution < -0.4 is 10.9 Å². The highest BCUT2D eigenvalue weighted by Gasteiger charge is 2.14. The van der Waals surface area contributed by atoms with Crippen molar-refractivity contribution in [1.29, 1.82) is 0 Å². The summed E-state index contributed by atoms with van der Waals surface area (Å²) in [6, 6.07) is 9.31. The van der Waals surface area contributed by atoms with Gasteiger partial charge in [-0.2, -0.15) is 0 Å². The Balaban J connectivity index is 2.10. The second-order valence-corrected chi connectivity index (χ2v) is 6.81. The summed E-state index contributed by atoms with van der Waals surface area (Å²) in [5, 5.41) is 0. The second kappa shape index (κ2) is 7.12. The normalized spacial score (nSPS) is 10.3. The minimum atomic E-state index is -0.335. The lowest BCUT2D eigenvalue weighted by Crippen LogP contribution is -2.42. The van der Waals surface area contributed by atoms with E-state index in [1.165, 1.54) is 0 Å². The van der Waals surface area contributed by atoms with Gasteiger partial charge in [0.25, 0.3) is 11.8 Å². The van der Waals surface area contributed by atoms with Gasteiger partial charge in [0.1, 0.15) is 0 Å². The molecule has 0 saturated carbocycles. The van der Waals surface area contributed by atoms with Crippen LogP contribution in [0.5, 0.6) is 0 Å². The fourth-order valence-corrected chi connectivity index (χ4v) is 3.04. The fraction of sp³-hybridized carbons (Fsp3) is 0.222. The average molecular weight is 422 g/mol. The van der Waals surface area contributed by atoms with Crippen LogP contribution in [0.3, 0.4) is 0 Å². The number of benzene rings is 2. The van der Waals surface area contributed by atoms with E-state index in [0.29, 0.717) is 11.1 Å². The van der Waals surface area contributed by atoms with Crippen LogP contribution in [0.2, 0.25) is 0 Å². The van der Waals surface area contributed by atoms with Gasteiger partial charge >= 0.3 is 0 Å². The van der Waals surface area contributed by atoms with Crippen LogP contribution in [0, 0.1) is 31.3 Å². The van der Waals surface area contributed by atoms with Gasteiger partial charge in [-0.1, -0.05) is 23.8 Å². The minimum Gasteiger partial charge on any atom is -0.267 e. The molecule has 23 heavy (non-hydrogen) atoms. The molecule has 5 heteroatoms. The Kier molecular flexibility index (Phi) is 5.41. The van der Waals surface area contributed by atoms with E-state index < -0.39 is 0 Å². The summed E-state index contributed by atoms with van der Waals surface area (Å²) < 4.78 is 1.01. The summed E-state index contributed by atoms with van der Waals surface area (Å²) in [6.45, 7) is 7.74. The predicted octanol–water partition coefficient (Wildman–Crippen LogP) is 3.60. The molecule has 0 heterocycles. The molecule has 0 aliphatic carbocycles. The van der Waals surface area contributed by atoms with E-state index in [0.717, 1.165) is 25.8 Å². The van der Waals surface area contributed by atoms with Crippen LogP contribution in [0.25, 0.3) is 0 Å². The summed E-state index contributed by atoms with van der Waals surface area (Å²) in [7, 11) is 0. The molecule has 0 aliphatic heterocycles. The Bertz CT molecular complexity index is 762. The number of amides is 2. The molecule has 2 N–H and O–H groups in total. The van der Waals surface area contributed by atoms with Gasteiger partial charge in [-0.05, 0) is 79.1 Å². The number of hydrogen-bond donors (Lipinski definition) is 2. The molecule has 0 unspecified atom stereocenters. The Morgan fingerprint density at radius 2 is 1.39 bits per heavy atom. The Hall–Kier alpha value is -1.89. The third-order valence-corrected chi connectivity index (χ3v) is 4.79.